The molecule has 0 radical (unpaired) electrons. The maximum Gasteiger partial charge on any atom is 0.405 e. The number of ether oxygens (including phenoxy) is 2. The molecule has 1 aromatic carbocycles. The highest BCUT2D eigenvalue weighted by Crippen LogP contribution is 2.36. The highest BCUT2D eigenvalue weighted by atomic mass is 79.9. The largest absolute Gasteiger partial charge is 0.465 e. The van der Waals surface area contributed by atoms with E-state index in [4.69, 9.17) is 9.47 Å². The Balaban J connectivity index is 1.46. The first-order valence-electron chi connectivity index (χ1n) is 14.0. The molecule has 2 aromatic heterocycles. The number of nitrogens with zero attached hydrogens (tertiary/aromatic N) is 2. The molecule has 0 saturated heterocycles. The maximum atomic E-state index is 15.2. The minimum absolute atomic E-state index is 0.00156. The van der Waals surface area contributed by atoms with Crippen LogP contribution in [0.2, 0.25) is 25.7 Å². The average Bonchev–Trinajstić information content (AvgIpc) is 3.23. The first-order chi connectivity index (χ1) is 19.5. The van der Waals surface area contributed by atoms with Crippen molar-refractivity contribution in [2.24, 2.45) is 0 Å². The van der Waals surface area contributed by atoms with Crippen molar-refractivity contribution in [1.82, 2.24) is 20.2 Å². The second kappa shape index (κ2) is 13.8. The van der Waals surface area contributed by atoms with Crippen LogP contribution in [-0.2, 0) is 22.7 Å². The normalized spacial score (nSPS) is 15.0. The topological polar surface area (TPSA) is 115 Å². The van der Waals surface area contributed by atoms with Gasteiger partial charge < -0.3 is 29.8 Å². The van der Waals surface area contributed by atoms with Gasteiger partial charge in [-0.3, -0.25) is 4.79 Å². The number of carbonyl (C=O) groups excluding carboxylic acids is 1. The molecular weight excluding hydrogens is 611 g/mol. The molecule has 1 saturated carbocycles. The van der Waals surface area contributed by atoms with Crippen molar-refractivity contribution in [1.29, 1.82) is 0 Å². The number of carbonyl (C=O) groups is 2. The summed E-state index contributed by atoms with van der Waals surface area (Å²) in [6.45, 7) is 7.91. The summed E-state index contributed by atoms with van der Waals surface area (Å²) in [7, 11) is -1.20. The zero-order chi connectivity index (χ0) is 29.6. The lowest BCUT2D eigenvalue weighted by atomic mass is 9.95. The summed E-state index contributed by atoms with van der Waals surface area (Å²) in [5.41, 5.74) is 1.11. The zero-order valence-electron chi connectivity index (χ0n) is 23.7. The third-order valence-electron chi connectivity index (χ3n) is 7.12. The Bertz CT molecular complexity index is 1370. The van der Waals surface area contributed by atoms with Crippen LogP contribution < -0.4 is 15.4 Å². The summed E-state index contributed by atoms with van der Waals surface area (Å²) in [5.74, 6) is -0.606. The standard InChI is InChI=1S/C29H38BrFN4O5Si/c1-41(2,3)14-13-39-18-35-17-21(30)26-25(11-12-32-27(26)35)40-24-10-9-19(15-22(24)31)16-23(34-29(37)38)28(36)33-20-7-5-4-6-8-20/h9-12,15,17,20,23,34H,4-8,13-14,16,18H2,1-3H3,(H,33,36)(H,37,38). The maximum absolute atomic E-state index is 15.2. The number of aromatic nitrogens is 2. The fourth-order valence-corrected chi connectivity index (χ4v) is 6.25. The zero-order valence-corrected chi connectivity index (χ0v) is 26.3. The number of carboxylic acid groups (broad SMARTS) is 1. The highest BCUT2D eigenvalue weighted by molar-refractivity contribution is 9.10. The summed E-state index contributed by atoms with van der Waals surface area (Å²) in [5, 5.41) is 15.2. The Morgan fingerprint density at radius 1 is 1.20 bits per heavy atom. The third-order valence-corrected chi connectivity index (χ3v) is 9.43. The Hall–Kier alpha value is -2.96. The fourth-order valence-electron chi connectivity index (χ4n) is 4.88. The molecule has 4 rings (SSSR count). The van der Waals surface area contributed by atoms with Gasteiger partial charge >= 0.3 is 6.09 Å². The fraction of sp³-hybridized carbons (Fsp3) is 0.483. The molecule has 1 fully saturated rings. The Kier molecular flexibility index (Phi) is 10.4. The molecule has 1 unspecified atom stereocenters. The molecule has 0 aliphatic heterocycles. The van der Waals surface area contributed by atoms with Crippen LogP contribution in [0.5, 0.6) is 11.5 Å². The Labute approximate surface area is 249 Å². The molecule has 0 spiro atoms. The van der Waals surface area contributed by atoms with Gasteiger partial charge in [0.2, 0.25) is 5.91 Å². The van der Waals surface area contributed by atoms with Crippen molar-refractivity contribution >= 4 is 47.0 Å². The lowest BCUT2D eigenvalue weighted by Crippen LogP contribution is -2.50. The average molecular weight is 650 g/mol. The number of halogens is 2. The summed E-state index contributed by atoms with van der Waals surface area (Å²) in [4.78, 5) is 28.7. The van der Waals surface area contributed by atoms with Crippen molar-refractivity contribution in [2.45, 2.75) is 83.0 Å². The van der Waals surface area contributed by atoms with Gasteiger partial charge in [-0.15, -0.1) is 0 Å². The van der Waals surface area contributed by atoms with Gasteiger partial charge in [-0.2, -0.15) is 0 Å². The van der Waals surface area contributed by atoms with E-state index in [0.29, 0.717) is 35.7 Å². The molecule has 222 valence electrons. The van der Waals surface area contributed by atoms with Gasteiger partial charge in [0.05, 0.1) is 5.39 Å². The first kappa shape index (κ1) is 31.0. The highest BCUT2D eigenvalue weighted by Gasteiger charge is 2.25. The van der Waals surface area contributed by atoms with Crippen LogP contribution in [0.3, 0.4) is 0 Å². The van der Waals surface area contributed by atoms with Gasteiger partial charge in [0, 0.05) is 44.0 Å². The van der Waals surface area contributed by atoms with Gasteiger partial charge in [-0.1, -0.05) is 45.0 Å². The summed E-state index contributed by atoms with van der Waals surface area (Å²) < 4.78 is 29.7. The van der Waals surface area contributed by atoms with Crippen LogP contribution in [0.4, 0.5) is 9.18 Å². The van der Waals surface area contributed by atoms with Crippen LogP contribution >= 0.6 is 15.9 Å². The number of rotatable bonds is 12. The number of hydrogen-bond donors (Lipinski definition) is 3. The van der Waals surface area contributed by atoms with E-state index in [-0.39, 0.29) is 18.2 Å². The van der Waals surface area contributed by atoms with Gasteiger partial charge in [-0.05, 0) is 58.6 Å². The van der Waals surface area contributed by atoms with Crippen LogP contribution in [0.15, 0.2) is 41.1 Å². The number of fused-ring (bicyclic) bond motifs is 1. The van der Waals surface area contributed by atoms with Crippen LogP contribution in [0.25, 0.3) is 11.0 Å². The van der Waals surface area contributed by atoms with Crippen molar-refractivity contribution in [3.05, 3.63) is 52.5 Å². The molecular formula is C29H38BrFN4O5Si. The van der Waals surface area contributed by atoms with Crippen molar-refractivity contribution in [3.8, 4) is 11.5 Å². The molecule has 1 aliphatic carbocycles. The molecule has 0 bridgehead atoms. The number of benzene rings is 1. The SMILES string of the molecule is C[Si](C)(C)CCOCn1cc(Br)c2c(Oc3ccc(CC(NC(=O)O)C(=O)NC4CCCCC4)cc3F)ccnc21. The van der Waals surface area contributed by atoms with E-state index in [9.17, 15) is 14.7 Å². The molecule has 1 aliphatic rings. The number of pyridine rings is 1. The first-order valence-corrected chi connectivity index (χ1v) is 18.5. The van der Waals surface area contributed by atoms with Crippen LogP contribution in [0.1, 0.15) is 37.7 Å². The second-order valence-electron chi connectivity index (χ2n) is 11.7. The van der Waals surface area contributed by atoms with Crippen LogP contribution in [0, 0.1) is 5.82 Å². The van der Waals surface area contributed by atoms with Gasteiger partial charge in [0.15, 0.2) is 11.6 Å². The van der Waals surface area contributed by atoms with Gasteiger partial charge in [0.25, 0.3) is 0 Å². The van der Waals surface area contributed by atoms with Crippen molar-refractivity contribution < 1.29 is 28.6 Å². The van der Waals surface area contributed by atoms with Gasteiger partial charge in [-0.25, -0.2) is 14.2 Å². The summed E-state index contributed by atoms with van der Waals surface area (Å²) >= 11 is 3.57. The molecule has 2 heterocycles. The van der Waals surface area contributed by atoms with E-state index in [1.165, 1.54) is 12.1 Å². The summed E-state index contributed by atoms with van der Waals surface area (Å²) in [6, 6.07) is 6.10. The quantitative estimate of drug-likeness (QED) is 0.149. The molecule has 41 heavy (non-hydrogen) atoms. The molecule has 2 amide bonds. The third kappa shape index (κ3) is 8.76. The van der Waals surface area contributed by atoms with E-state index in [1.807, 2.05) is 10.8 Å². The van der Waals surface area contributed by atoms with Crippen molar-refractivity contribution in [2.75, 3.05) is 6.61 Å². The molecule has 1 atom stereocenters. The molecule has 3 aromatic rings. The Morgan fingerprint density at radius 2 is 1.95 bits per heavy atom. The monoisotopic (exact) mass is 648 g/mol. The second-order valence-corrected chi connectivity index (χ2v) is 18.2. The molecule has 9 nitrogen and oxygen atoms in total. The van der Waals surface area contributed by atoms with Crippen LogP contribution in [-0.4, -0.2) is 53.4 Å². The number of amides is 2. The number of hydrogen-bond acceptors (Lipinski definition) is 5. The Morgan fingerprint density at radius 3 is 2.63 bits per heavy atom. The minimum atomic E-state index is -1.31. The van der Waals surface area contributed by atoms with Crippen molar-refractivity contribution in [3.63, 3.8) is 0 Å². The lowest BCUT2D eigenvalue weighted by molar-refractivity contribution is -0.123. The van der Waals surface area contributed by atoms with E-state index in [1.54, 1.807) is 18.3 Å². The summed E-state index contributed by atoms with van der Waals surface area (Å²) in [6.07, 6.45) is 7.12. The van der Waals surface area contributed by atoms with E-state index >= 15 is 4.39 Å². The molecule has 3 N–H and O–H groups in total. The number of nitrogens with one attached hydrogen (secondary N) is 2. The minimum Gasteiger partial charge on any atom is -0.465 e. The van der Waals surface area contributed by atoms with E-state index in [2.05, 4.69) is 51.2 Å². The van der Waals surface area contributed by atoms with Gasteiger partial charge in [0.1, 0.15) is 24.2 Å². The smallest absolute Gasteiger partial charge is 0.405 e. The molecule has 12 heteroatoms. The predicted molar refractivity (Wildman–Crippen MR) is 162 cm³/mol. The van der Waals surface area contributed by atoms with E-state index in [0.717, 1.165) is 42.6 Å². The van der Waals surface area contributed by atoms with E-state index < -0.39 is 31.9 Å². The lowest BCUT2D eigenvalue weighted by Gasteiger charge is -2.25. The predicted octanol–water partition coefficient (Wildman–Crippen LogP) is 6.67.